The van der Waals surface area contributed by atoms with Gasteiger partial charge in [0, 0.05) is 29.2 Å². The number of ketones is 1. The molecule has 5 nitrogen and oxygen atoms in total. The lowest BCUT2D eigenvalue weighted by Crippen LogP contribution is -2.13. The van der Waals surface area contributed by atoms with Gasteiger partial charge in [-0.05, 0) is 36.2 Å². The van der Waals surface area contributed by atoms with Crippen LogP contribution in [0.15, 0.2) is 54.6 Å². The van der Waals surface area contributed by atoms with Crippen LogP contribution in [0, 0.1) is 6.92 Å². The van der Waals surface area contributed by atoms with Crippen molar-refractivity contribution < 1.29 is 25.2 Å². The topological polar surface area (TPSA) is 98.0 Å². The largest absolute Gasteiger partial charge is 0.508 e. The van der Waals surface area contributed by atoms with Gasteiger partial charge in [-0.25, -0.2) is 0 Å². The van der Waals surface area contributed by atoms with Gasteiger partial charge in [0.1, 0.15) is 23.0 Å². The van der Waals surface area contributed by atoms with Gasteiger partial charge in [0.05, 0.1) is 5.92 Å². The highest BCUT2D eigenvalue weighted by Crippen LogP contribution is 2.52. The van der Waals surface area contributed by atoms with Crippen molar-refractivity contribution in [1.29, 1.82) is 0 Å². The van der Waals surface area contributed by atoms with E-state index in [9.17, 15) is 25.2 Å². The van der Waals surface area contributed by atoms with Crippen molar-refractivity contribution >= 4 is 5.78 Å². The number of hydrogen-bond donors (Lipinski definition) is 4. The van der Waals surface area contributed by atoms with E-state index in [2.05, 4.69) is 0 Å². The number of hydrogen-bond acceptors (Lipinski definition) is 5. The van der Waals surface area contributed by atoms with E-state index in [-0.39, 0.29) is 34.3 Å². The molecule has 136 valence electrons. The normalized spacial score (nSPS) is 18.5. The molecule has 0 amide bonds. The number of Topliss-reactive ketones (excluding diaryl/α,β-unsaturated/α-hetero) is 1. The molecule has 0 fully saturated rings. The van der Waals surface area contributed by atoms with Crippen LogP contribution >= 0.6 is 0 Å². The Bertz CT molecular complexity index is 1030. The van der Waals surface area contributed by atoms with Gasteiger partial charge in [0.25, 0.3) is 0 Å². The molecule has 1 aliphatic carbocycles. The highest BCUT2D eigenvalue weighted by Gasteiger charge is 2.43. The van der Waals surface area contributed by atoms with Crippen LogP contribution in [0.5, 0.6) is 23.0 Å². The SMILES string of the molecule is Cc1ccc([C@@H]2C(=O)c3cc(O)cc(O)c3[C@H]2c2cc(O)cc(O)c2)cc1. The first-order valence-corrected chi connectivity index (χ1v) is 8.54. The Morgan fingerprint density at radius 1 is 0.704 bits per heavy atom. The minimum absolute atomic E-state index is 0.133. The number of benzene rings is 3. The molecule has 0 saturated heterocycles. The maximum Gasteiger partial charge on any atom is 0.171 e. The predicted molar refractivity (Wildman–Crippen MR) is 99.6 cm³/mol. The molecule has 0 heterocycles. The standard InChI is InChI=1S/C22H18O5/c1-11-2-4-12(5-3-11)20-19(13-6-14(23)8-15(24)7-13)21-17(22(20)27)9-16(25)10-18(21)26/h2-10,19-20,23-26H,1H3/t19-,20-/m0/s1. The monoisotopic (exact) mass is 362 g/mol. The van der Waals surface area contributed by atoms with Gasteiger partial charge in [0.15, 0.2) is 5.78 Å². The average molecular weight is 362 g/mol. The molecule has 0 aliphatic heterocycles. The summed E-state index contributed by atoms with van der Waals surface area (Å²) in [5.74, 6) is -2.13. The first-order valence-electron chi connectivity index (χ1n) is 8.54. The highest BCUT2D eigenvalue weighted by atomic mass is 16.3. The molecule has 0 bridgehead atoms. The maximum atomic E-state index is 13.2. The summed E-state index contributed by atoms with van der Waals surface area (Å²) in [5.41, 5.74) is 2.94. The summed E-state index contributed by atoms with van der Waals surface area (Å²) in [6.45, 7) is 1.95. The highest BCUT2D eigenvalue weighted by molar-refractivity contribution is 6.08. The maximum absolute atomic E-state index is 13.2. The Balaban J connectivity index is 1.98. The number of rotatable bonds is 2. The van der Waals surface area contributed by atoms with Crippen LogP contribution in [0.2, 0.25) is 0 Å². The fourth-order valence-corrected chi connectivity index (χ4v) is 3.91. The number of carbonyl (C=O) groups excluding carboxylic acids is 1. The van der Waals surface area contributed by atoms with Crippen molar-refractivity contribution in [1.82, 2.24) is 0 Å². The number of carbonyl (C=O) groups is 1. The first kappa shape index (κ1) is 17.0. The van der Waals surface area contributed by atoms with Crippen molar-refractivity contribution in [2.24, 2.45) is 0 Å². The summed E-state index contributed by atoms with van der Waals surface area (Å²) in [5, 5.41) is 40.2. The summed E-state index contributed by atoms with van der Waals surface area (Å²) in [7, 11) is 0. The van der Waals surface area contributed by atoms with Crippen LogP contribution < -0.4 is 0 Å². The molecule has 3 aromatic rings. The Kier molecular flexibility index (Phi) is 3.81. The third-order valence-corrected chi connectivity index (χ3v) is 5.06. The third kappa shape index (κ3) is 2.77. The fourth-order valence-electron chi connectivity index (χ4n) is 3.91. The molecule has 2 atom stereocenters. The van der Waals surface area contributed by atoms with E-state index in [4.69, 9.17) is 0 Å². The molecule has 0 unspecified atom stereocenters. The number of aromatic hydroxyl groups is 4. The molecular weight excluding hydrogens is 344 g/mol. The molecule has 0 saturated carbocycles. The summed E-state index contributed by atoms with van der Waals surface area (Å²) < 4.78 is 0. The van der Waals surface area contributed by atoms with E-state index >= 15 is 0 Å². The van der Waals surface area contributed by atoms with Crippen LogP contribution in [0.3, 0.4) is 0 Å². The average Bonchev–Trinajstić information content (AvgIpc) is 2.88. The van der Waals surface area contributed by atoms with Crippen LogP contribution in [-0.4, -0.2) is 26.2 Å². The summed E-state index contributed by atoms with van der Waals surface area (Å²) in [6, 6.07) is 14.2. The smallest absolute Gasteiger partial charge is 0.171 e. The van der Waals surface area contributed by atoms with Crippen LogP contribution in [0.25, 0.3) is 0 Å². The molecule has 0 spiro atoms. The Hall–Kier alpha value is -3.47. The zero-order valence-electron chi connectivity index (χ0n) is 14.5. The molecule has 0 aromatic heterocycles. The molecular formula is C22H18O5. The third-order valence-electron chi connectivity index (χ3n) is 5.06. The van der Waals surface area contributed by atoms with Gasteiger partial charge in [-0.1, -0.05) is 29.8 Å². The van der Waals surface area contributed by atoms with Crippen LogP contribution in [0.1, 0.15) is 44.4 Å². The molecule has 0 radical (unpaired) electrons. The Labute approximate surface area is 155 Å². The second kappa shape index (κ2) is 6.06. The molecule has 1 aliphatic rings. The van der Waals surface area contributed by atoms with Gasteiger partial charge < -0.3 is 20.4 Å². The van der Waals surface area contributed by atoms with Crippen LogP contribution in [0.4, 0.5) is 0 Å². The summed E-state index contributed by atoms with van der Waals surface area (Å²) >= 11 is 0. The van der Waals surface area contributed by atoms with Crippen molar-refractivity contribution in [2.75, 3.05) is 0 Å². The molecule has 3 aromatic carbocycles. The first-order chi connectivity index (χ1) is 12.8. The zero-order valence-corrected chi connectivity index (χ0v) is 14.5. The minimum Gasteiger partial charge on any atom is -0.508 e. The molecule has 27 heavy (non-hydrogen) atoms. The van der Waals surface area contributed by atoms with Crippen LogP contribution in [-0.2, 0) is 0 Å². The summed E-state index contributed by atoms with van der Waals surface area (Å²) in [4.78, 5) is 13.2. The Morgan fingerprint density at radius 2 is 1.30 bits per heavy atom. The number of fused-ring (bicyclic) bond motifs is 1. The van der Waals surface area contributed by atoms with Gasteiger partial charge in [-0.2, -0.15) is 0 Å². The van der Waals surface area contributed by atoms with E-state index in [1.165, 1.54) is 30.3 Å². The van der Waals surface area contributed by atoms with E-state index in [1.54, 1.807) is 0 Å². The van der Waals surface area contributed by atoms with E-state index in [1.807, 2.05) is 31.2 Å². The van der Waals surface area contributed by atoms with Crippen molar-refractivity contribution in [2.45, 2.75) is 18.8 Å². The summed E-state index contributed by atoms with van der Waals surface area (Å²) in [6.07, 6.45) is 0. The van der Waals surface area contributed by atoms with Gasteiger partial charge in [-0.15, -0.1) is 0 Å². The van der Waals surface area contributed by atoms with Crippen molar-refractivity contribution in [3.05, 3.63) is 82.4 Å². The second-order valence-corrected chi connectivity index (χ2v) is 6.94. The minimum atomic E-state index is -0.644. The Morgan fingerprint density at radius 3 is 1.93 bits per heavy atom. The van der Waals surface area contributed by atoms with Gasteiger partial charge >= 0.3 is 0 Å². The molecule has 4 N–H and O–H groups in total. The lowest BCUT2D eigenvalue weighted by atomic mass is 9.81. The van der Waals surface area contributed by atoms with Gasteiger partial charge in [-0.3, -0.25) is 4.79 Å². The lowest BCUT2D eigenvalue weighted by Gasteiger charge is -2.21. The van der Waals surface area contributed by atoms with Crippen molar-refractivity contribution in [3.63, 3.8) is 0 Å². The van der Waals surface area contributed by atoms with E-state index < -0.39 is 11.8 Å². The second-order valence-electron chi connectivity index (χ2n) is 6.94. The van der Waals surface area contributed by atoms with Crippen molar-refractivity contribution in [3.8, 4) is 23.0 Å². The number of aryl methyl sites for hydroxylation is 1. The predicted octanol–water partition coefficient (Wildman–Crippen LogP) is 3.93. The fraction of sp³-hybridized carbons (Fsp3) is 0.136. The number of phenolic OH excluding ortho intramolecular Hbond substituents is 4. The molecule has 5 heteroatoms. The zero-order chi connectivity index (χ0) is 19.3. The van der Waals surface area contributed by atoms with E-state index in [0.29, 0.717) is 11.1 Å². The lowest BCUT2D eigenvalue weighted by molar-refractivity contribution is 0.0967. The quantitative estimate of drug-likeness (QED) is 0.554. The van der Waals surface area contributed by atoms with E-state index in [0.717, 1.165) is 11.1 Å². The number of phenols is 4. The molecule has 4 rings (SSSR count). The van der Waals surface area contributed by atoms with Gasteiger partial charge in [0.2, 0.25) is 0 Å².